The fourth-order valence-corrected chi connectivity index (χ4v) is 4.91. The third-order valence-corrected chi connectivity index (χ3v) is 6.54. The van der Waals surface area contributed by atoms with Gasteiger partial charge >= 0.3 is 0 Å². The first-order chi connectivity index (χ1) is 17.1. The highest BCUT2D eigenvalue weighted by Gasteiger charge is 2.25. The standard InChI is InChI=1S/C31H18O4/c32-28-20-14-4-8-18-9-5-15-21(26(18)20)29(33)24(28)12-2-1-3-13-25-30(34)22-16-6-10-19-11-7-17-23(27(19)22)31(25)35/h1-17,32H/b3-1+,12-2+. The van der Waals surface area contributed by atoms with E-state index in [0.717, 1.165) is 16.2 Å². The van der Waals surface area contributed by atoms with Gasteiger partial charge in [0.05, 0.1) is 10.8 Å². The van der Waals surface area contributed by atoms with Crippen molar-refractivity contribution < 1.29 is 9.90 Å². The van der Waals surface area contributed by atoms with Gasteiger partial charge in [-0.3, -0.25) is 14.4 Å². The van der Waals surface area contributed by atoms with Crippen molar-refractivity contribution in [3.8, 4) is 0 Å². The zero-order valence-corrected chi connectivity index (χ0v) is 18.5. The third-order valence-electron chi connectivity index (χ3n) is 6.54. The fourth-order valence-electron chi connectivity index (χ4n) is 4.91. The van der Waals surface area contributed by atoms with Crippen LogP contribution in [0, 0.1) is 0 Å². The lowest BCUT2D eigenvalue weighted by molar-refractivity contribution is 0.103. The second-order valence-electron chi connectivity index (χ2n) is 8.49. The number of aliphatic hydroxyl groups excluding tert-OH is 1. The molecule has 1 N–H and O–H groups in total. The Kier molecular flexibility index (Phi) is 4.68. The van der Waals surface area contributed by atoms with Crippen LogP contribution in [-0.4, -0.2) is 10.9 Å². The molecule has 0 atom stereocenters. The van der Waals surface area contributed by atoms with Crippen molar-refractivity contribution in [1.29, 1.82) is 0 Å². The first-order valence-electron chi connectivity index (χ1n) is 11.2. The van der Waals surface area contributed by atoms with E-state index in [4.69, 9.17) is 0 Å². The second-order valence-corrected chi connectivity index (χ2v) is 8.49. The lowest BCUT2D eigenvalue weighted by atomic mass is 9.86. The number of aliphatic hydroxyl groups is 1. The summed E-state index contributed by atoms with van der Waals surface area (Å²) in [5.74, 6) is -0.318. The Hall–Kier alpha value is -4.83. The lowest BCUT2D eigenvalue weighted by Crippen LogP contribution is -2.38. The van der Waals surface area contributed by atoms with Crippen molar-refractivity contribution in [1.82, 2.24) is 0 Å². The maximum absolute atomic E-state index is 13.0. The van der Waals surface area contributed by atoms with E-state index in [1.54, 1.807) is 48.6 Å². The number of carbonyl (C=O) groups is 1. The fraction of sp³-hybridized carbons (Fsp3) is 0. The molecule has 0 heterocycles. The topological polar surface area (TPSA) is 71.4 Å². The molecule has 0 aromatic heterocycles. The van der Waals surface area contributed by atoms with E-state index in [2.05, 4.69) is 0 Å². The van der Waals surface area contributed by atoms with Gasteiger partial charge in [-0.25, -0.2) is 0 Å². The molecule has 0 radical (unpaired) electrons. The zero-order valence-electron chi connectivity index (χ0n) is 18.5. The van der Waals surface area contributed by atoms with Crippen LogP contribution in [0.5, 0.6) is 0 Å². The summed E-state index contributed by atoms with van der Waals surface area (Å²) in [6.45, 7) is 0. The normalized spacial score (nSPS) is 13.8. The van der Waals surface area contributed by atoms with Gasteiger partial charge in [-0.15, -0.1) is 0 Å². The summed E-state index contributed by atoms with van der Waals surface area (Å²) < 4.78 is 0. The molecule has 0 saturated carbocycles. The number of benzene rings is 5. The highest BCUT2D eigenvalue weighted by Crippen LogP contribution is 2.35. The molecule has 0 saturated heterocycles. The Morgan fingerprint density at radius 1 is 0.600 bits per heavy atom. The average molecular weight is 454 g/mol. The molecular formula is C31H18O4. The van der Waals surface area contributed by atoms with E-state index in [1.807, 2.05) is 48.5 Å². The summed E-state index contributed by atoms with van der Waals surface area (Å²) in [6.07, 6.45) is 7.87. The van der Waals surface area contributed by atoms with Crippen molar-refractivity contribution in [2.75, 3.05) is 0 Å². The predicted octanol–water partition coefficient (Wildman–Crippen LogP) is 5.08. The van der Waals surface area contributed by atoms with Gasteiger partial charge in [0.25, 0.3) is 0 Å². The van der Waals surface area contributed by atoms with Gasteiger partial charge in [0.15, 0.2) is 16.6 Å². The van der Waals surface area contributed by atoms with Gasteiger partial charge in [-0.2, -0.15) is 0 Å². The molecular weight excluding hydrogens is 436 g/mol. The Balaban J connectivity index is 1.40. The molecule has 35 heavy (non-hydrogen) atoms. The van der Waals surface area contributed by atoms with Crippen molar-refractivity contribution in [2.24, 2.45) is 0 Å². The predicted molar refractivity (Wildman–Crippen MR) is 141 cm³/mol. The lowest BCUT2D eigenvalue weighted by Gasteiger charge is -2.17. The molecule has 1 aliphatic rings. The highest BCUT2D eigenvalue weighted by atomic mass is 16.3. The summed E-state index contributed by atoms with van der Waals surface area (Å²) in [6, 6.07) is 21.9. The molecule has 5 aromatic rings. The first kappa shape index (κ1) is 20.8. The van der Waals surface area contributed by atoms with Crippen LogP contribution in [0.1, 0.15) is 15.9 Å². The van der Waals surface area contributed by atoms with Gasteiger partial charge in [0, 0.05) is 32.7 Å². The molecule has 1 aliphatic carbocycles. The summed E-state index contributed by atoms with van der Waals surface area (Å²) in [5.41, 5.74) is 0.752. The van der Waals surface area contributed by atoms with Crippen LogP contribution in [0.25, 0.3) is 44.2 Å². The van der Waals surface area contributed by atoms with Crippen LogP contribution in [-0.2, 0) is 0 Å². The zero-order chi connectivity index (χ0) is 24.1. The molecule has 0 bridgehead atoms. The largest absolute Gasteiger partial charge is 0.507 e. The Morgan fingerprint density at radius 3 is 1.83 bits per heavy atom. The molecule has 0 fully saturated rings. The van der Waals surface area contributed by atoms with E-state index in [1.165, 1.54) is 6.08 Å². The number of ketones is 1. The van der Waals surface area contributed by atoms with Crippen LogP contribution in [0.4, 0.5) is 0 Å². The van der Waals surface area contributed by atoms with Crippen LogP contribution in [0.3, 0.4) is 0 Å². The molecule has 166 valence electrons. The number of Topliss-reactive ketones (excluding diaryl/α,β-unsaturated/α-hetero) is 1. The minimum atomic E-state index is -0.305. The monoisotopic (exact) mass is 454 g/mol. The summed E-state index contributed by atoms with van der Waals surface area (Å²) in [4.78, 5) is 39.0. The van der Waals surface area contributed by atoms with Gasteiger partial charge in [-0.05, 0) is 22.9 Å². The van der Waals surface area contributed by atoms with Crippen molar-refractivity contribution >= 4 is 49.9 Å². The Bertz CT molecular complexity index is 1890. The van der Waals surface area contributed by atoms with Crippen LogP contribution in [0.2, 0.25) is 0 Å². The van der Waals surface area contributed by atoms with Gasteiger partial charge < -0.3 is 5.11 Å². The van der Waals surface area contributed by atoms with Crippen molar-refractivity contribution in [3.63, 3.8) is 0 Å². The molecule has 0 unspecified atom stereocenters. The SMILES string of the molecule is O=C1C(/C=C/C=C/C=c2c(=O)c3cccc4cccc(c2=O)c43)=C(O)c2cccc3cccc1c23. The maximum atomic E-state index is 13.0. The molecule has 4 heteroatoms. The molecule has 4 nitrogen and oxygen atoms in total. The van der Waals surface area contributed by atoms with Crippen LogP contribution in [0.15, 0.2) is 112 Å². The first-order valence-corrected chi connectivity index (χ1v) is 11.2. The molecule has 0 aliphatic heterocycles. The van der Waals surface area contributed by atoms with E-state index in [0.29, 0.717) is 27.3 Å². The maximum Gasteiger partial charge on any atom is 0.197 e. The summed E-state index contributed by atoms with van der Waals surface area (Å²) >= 11 is 0. The van der Waals surface area contributed by atoms with E-state index in [-0.39, 0.29) is 33.2 Å². The number of carbonyl (C=O) groups excluding carboxylic acids is 1. The summed E-state index contributed by atoms with van der Waals surface area (Å²) in [7, 11) is 0. The van der Waals surface area contributed by atoms with Crippen molar-refractivity contribution in [2.45, 2.75) is 0 Å². The third kappa shape index (κ3) is 3.11. The van der Waals surface area contributed by atoms with E-state index >= 15 is 0 Å². The van der Waals surface area contributed by atoms with E-state index in [9.17, 15) is 19.5 Å². The minimum absolute atomic E-state index is 0.0651. The van der Waals surface area contributed by atoms with Gasteiger partial charge in [0.2, 0.25) is 0 Å². The van der Waals surface area contributed by atoms with Crippen molar-refractivity contribution in [3.05, 3.63) is 139 Å². The van der Waals surface area contributed by atoms with Gasteiger partial charge in [0.1, 0.15) is 5.76 Å². The smallest absolute Gasteiger partial charge is 0.197 e. The molecule has 6 rings (SSSR count). The molecule has 0 amide bonds. The second kappa shape index (κ2) is 7.89. The minimum Gasteiger partial charge on any atom is -0.507 e. The van der Waals surface area contributed by atoms with Gasteiger partial charge in [-0.1, -0.05) is 91.0 Å². The highest BCUT2D eigenvalue weighted by molar-refractivity contribution is 6.25. The van der Waals surface area contributed by atoms with E-state index < -0.39 is 0 Å². The molecule has 5 aromatic carbocycles. The Morgan fingerprint density at radius 2 is 1.17 bits per heavy atom. The number of hydrogen-bond donors (Lipinski definition) is 1. The van der Waals surface area contributed by atoms with Crippen LogP contribution < -0.4 is 16.1 Å². The number of rotatable bonds is 3. The quantitative estimate of drug-likeness (QED) is 0.386. The van der Waals surface area contributed by atoms with Crippen LogP contribution >= 0.6 is 0 Å². The summed E-state index contributed by atoms with van der Waals surface area (Å²) in [5, 5.41) is 15.1. The Labute approximate surface area is 199 Å². The number of allylic oxidation sites excluding steroid dienone is 5. The molecule has 0 spiro atoms. The average Bonchev–Trinajstić information content (AvgIpc) is 2.88. The number of hydrogen-bond acceptors (Lipinski definition) is 4.